The third-order valence-corrected chi connectivity index (χ3v) is 7.96. The molecule has 2 aliphatic rings. The van der Waals surface area contributed by atoms with E-state index in [1.807, 2.05) is 50.2 Å². The number of nitrogens with zero attached hydrogens (tertiary/aromatic N) is 5. The van der Waals surface area contributed by atoms with Crippen LogP contribution in [0.15, 0.2) is 61.1 Å². The number of hydrogen-bond donors (Lipinski definition) is 2. The Morgan fingerprint density at radius 2 is 1.89 bits per heavy atom. The van der Waals surface area contributed by atoms with Crippen LogP contribution in [0.4, 0.5) is 5.69 Å². The molecule has 6 rings (SSSR count). The number of benzene rings is 2. The van der Waals surface area contributed by atoms with Crippen LogP contribution in [0.2, 0.25) is 0 Å². The Kier molecular flexibility index (Phi) is 6.27. The van der Waals surface area contributed by atoms with Crippen molar-refractivity contribution in [3.05, 3.63) is 77.7 Å². The van der Waals surface area contributed by atoms with Crippen LogP contribution < -0.4 is 15.5 Å². The molecule has 0 radical (unpaired) electrons. The highest BCUT2D eigenvalue weighted by Crippen LogP contribution is 2.35. The van der Waals surface area contributed by atoms with E-state index in [-0.39, 0.29) is 11.9 Å². The van der Waals surface area contributed by atoms with Gasteiger partial charge in [0.25, 0.3) is 5.91 Å². The van der Waals surface area contributed by atoms with Gasteiger partial charge in [-0.15, -0.1) is 0 Å². The molecule has 196 valence electrons. The number of piperazine rings is 1. The number of anilines is 1. The molecular weight excluding hydrogens is 474 g/mol. The molecule has 2 aromatic heterocycles. The zero-order valence-electron chi connectivity index (χ0n) is 22.5. The van der Waals surface area contributed by atoms with Gasteiger partial charge in [0.1, 0.15) is 0 Å². The fourth-order valence-corrected chi connectivity index (χ4v) is 5.75. The number of piperidine rings is 1. The van der Waals surface area contributed by atoms with E-state index in [9.17, 15) is 4.79 Å². The highest BCUT2D eigenvalue weighted by atomic mass is 16.1. The van der Waals surface area contributed by atoms with Crippen LogP contribution in [0.5, 0.6) is 0 Å². The maximum Gasteiger partial charge on any atom is 0.252 e. The minimum atomic E-state index is -0.193. The molecule has 0 spiro atoms. The van der Waals surface area contributed by atoms with Gasteiger partial charge >= 0.3 is 0 Å². The lowest BCUT2D eigenvalue weighted by atomic mass is 9.87. The highest BCUT2D eigenvalue weighted by molar-refractivity contribution is 5.97. The lowest BCUT2D eigenvalue weighted by Gasteiger charge is -2.54. The van der Waals surface area contributed by atoms with E-state index in [1.165, 1.54) is 6.42 Å². The summed E-state index contributed by atoms with van der Waals surface area (Å²) in [5.74, 6) is -0.0516. The predicted octanol–water partition coefficient (Wildman–Crippen LogP) is 4.32. The molecule has 4 aromatic rings. The molecule has 3 atom stereocenters. The van der Waals surface area contributed by atoms with E-state index >= 15 is 0 Å². The van der Waals surface area contributed by atoms with Crippen molar-refractivity contribution in [3.8, 4) is 22.4 Å². The monoisotopic (exact) mass is 509 g/mol. The first-order valence-electron chi connectivity index (χ1n) is 13.5. The molecule has 2 aliphatic heterocycles. The second-order valence-corrected chi connectivity index (χ2v) is 10.6. The minimum absolute atomic E-state index is 0.0516. The molecule has 8 heteroatoms. The largest absolute Gasteiger partial charge is 0.363 e. The quantitative estimate of drug-likeness (QED) is 0.388. The third-order valence-electron chi connectivity index (χ3n) is 7.96. The lowest BCUT2D eigenvalue weighted by Crippen LogP contribution is -2.68. The summed E-state index contributed by atoms with van der Waals surface area (Å²) >= 11 is 0. The third kappa shape index (κ3) is 4.49. The van der Waals surface area contributed by atoms with E-state index < -0.39 is 0 Å². The number of rotatable bonds is 7. The molecule has 0 saturated carbocycles. The van der Waals surface area contributed by atoms with Gasteiger partial charge in [-0.05, 0) is 80.3 Å². The zero-order chi connectivity index (χ0) is 26.4. The Hall–Kier alpha value is -3.91. The molecule has 2 saturated heterocycles. The molecule has 2 aromatic carbocycles. The summed E-state index contributed by atoms with van der Waals surface area (Å²) in [6.45, 7) is 8.96. The average Bonchev–Trinajstić information content (AvgIpc) is 3.59. The van der Waals surface area contributed by atoms with Crippen molar-refractivity contribution in [2.45, 2.75) is 51.9 Å². The molecular formula is C30H35N7O. The SMILES string of the molecule is CCn1ccc(-c2cc(-c3cnn(C)c3)cc([C@@H](C)NC(=O)c3cc(N4C5CNCC4C5)ccc3C)c2)n1. The van der Waals surface area contributed by atoms with E-state index in [4.69, 9.17) is 5.10 Å². The highest BCUT2D eigenvalue weighted by Gasteiger charge is 2.41. The molecule has 8 nitrogen and oxygen atoms in total. The van der Waals surface area contributed by atoms with Gasteiger partial charge in [-0.25, -0.2) is 0 Å². The molecule has 1 amide bonds. The number of aryl methyl sites for hydroxylation is 3. The molecule has 2 unspecified atom stereocenters. The lowest BCUT2D eigenvalue weighted by molar-refractivity contribution is 0.0939. The van der Waals surface area contributed by atoms with Gasteiger partial charge in [0.05, 0.1) is 17.9 Å². The van der Waals surface area contributed by atoms with Gasteiger partial charge in [-0.3, -0.25) is 14.2 Å². The van der Waals surface area contributed by atoms with Crippen molar-refractivity contribution in [2.24, 2.45) is 7.05 Å². The average molecular weight is 510 g/mol. The van der Waals surface area contributed by atoms with Gasteiger partial charge in [0.15, 0.2) is 0 Å². The molecule has 2 N–H and O–H groups in total. The van der Waals surface area contributed by atoms with Crippen molar-refractivity contribution < 1.29 is 4.79 Å². The molecule has 0 aliphatic carbocycles. The molecule has 4 heterocycles. The first kappa shape index (κ1) is 24.4. The summed E-state index contributed by atoms with van der Waals surface area (Å²) in [7, 11) is 1.92. The van der Waals surface area contributed by atoms with Crippen molar-refractivity contribution >= 4 is 11.6 Å². The van der Waals surface area contributed by atoms with Gasteiger partial charge in [-0.2, -0.15) is 10.2 Å². The fraction of sp³-hybridized carbons (Fsp3) is 0.367. The molecule has 38 heavy (non-hydrogen) atoms. The van der Waals surface area contributed by atoms with E-state index in [2.05, 4.69) is 64.0 Å². The number of carbonyl (C=O) groups excluding carboxylic acids is 1. The van der Waals surface area contributed by atoms with Crippen LogP contribution in [0, 0.1) is 6.92 Å². The van der Waals surface area contributed by atoms with Gasteiger partial charge in [0, 0.05) is 73.5 Å². The maximum atomic E-state index is 13.6. The van der Waals surface area contributed by atoms with Crippen LogP contribution in [0.1, 0.15) is 47.8 Å². The number of aromatic nitrogens is 4. The van der Waals surface area contributed by atoms with Crippen molar-refractivity contribution in [1.82, 2.24) is 30.2 Å². The van der Waals surface area contributed by atoms with Crippen LogP contribution in [0.3, 0.4) is 0 Å². The van der Waals surface area contributed by atoms with Crippen LogP contribution in [-0.4, -0.2) is 50.6 Å². The Morgan fingerprint density at radius 1 is 1.11 bits per heavy atom. The van der Waals surface area contributed by atoms with Crippen molar-refractivity contribution in [1.29, 1.82) is 0 Å². The Bertz CT molecular complexity index is 1470. The van der Waals surface area contributed by atoms with Gasteiger partial charge in [0.2, 0.25) is 0 Å². The number of hydrogen-bond acceptors (Lipinski definition) is 5. The Balaban J connectivity index is 1.29. The first-order chi connectivity index (χ1) is 18.4. The summed E-state index contributed by atoms with van der Waals surface area (Å²) in [4.78, 5) is 16.0. The predicted molar refractivity (Wildman–Crippen MR) is 150 cm³/mol. The van der Waals surface area contributed by atoms with Crippen LogP contribution >= 0.6 is 0 Å². The fourth-order valence-electron chi connectivity index (χ4n) is 5.75. The summed E-state index contributed by atoms with van der Waals surface area (Å²) in [5, 5.41) is 15.8. The van der Waals surface area contributed by atoms with Gasteiger partial charge < -0.3 is 15.5 Å². The second kappa shape index (κ2) is 9.76. The minimum Gasteiger partial charge on any atom is -0.363 e. The van der Waals surface area contributed by atoms with E-state index in [1.54, 1.807) is 4.68 Å². The van der Waals surface area contributed by atoms with E-state index in [0.717, 1.165) is 64.4 Å². The summed E-state index contributed by atoms with van der Waals surface area (Å²) in [6.07, 6.45) is 7.10. The van der Waals surface area contributed by atoms with Crippen molar-refractivity contribution in [2.75, 3.05) is 18.0 Å². The van der Waals surface area contributed by atoms with Gasteiger partial charge in [-0.1, -0.05) is 6.07 Å². The Labute approximate surface area is 223 Å². The summed E-state index contributed by atoms with van der Waals surface area (Å²) in [6, 6.07) is 15.6. The van der Waals surface area contributed by atoms with E-state index in [0.29, 0.717) is 12.1 Å². The maximum absolute atomic E-state index is 13.6. The normalized spacial score (nSPS) is 19.2. The number of fused-ring (bicyclic) bond motifs is 2. The van der Waals surface area contributed by atoms with Crippen LogP contribution in [0.25, 0.3) is 22.4 Å². The second-order valence-electron chi connectivity index (χ2n) is 10.6. The number of carbonyl (C=O) groups is 1. The number of amides is 1. The topological polar surface area (TPSA) is 80.0 Å². The first-order valence-corrected chi connectivity index (χ1v) is 13.5. The van der Waals surface area contributed by atoms with Crippen LogP contribution in [-0.2, 0) is 13.6 Å². The molecule has 2 bridgehead atoms. The molecule has 2 fully saturated rings. The summed E-state index contributed by atoms with van der Waals surface area (Å²) < 4.78 is 3.73. The number of nitrogens with one attached hydrogen (secondary N) is 2. The standard InChI is InChI=1S/C30H35N7O/c1-5-36-9-8-29(34-36)23-11-21(10-22(12-23)24-15-32-35(4)18-24)20(3)33-30(38)28-14-25(7-6-19(28)2)37-26-13-27(37)17-31-16-26/h6-12,14-15,18,20,26-27,31H,5,13,16-17H2,1-4H3,(H,33,38)/t20-,26?,27?/m1/s1. The van der Waals surface area contributed by atoms with Crippen molar-refractivity contribution in [3.63, 3.8) is 0 Å². The smallest absolute Gasteiger partial charge is 0.252 e. The summed E-state index contributed by atoms with van der Waals surface area (Å²) in [5.41, 5.74) is 7.90. The Morgan fingerprint density at radius 3 is 2.58 bits per heavy atom. The zero-order valence-corrected chi connectivity index (χ0v) is 22.5.